The summed E-state index contributed by atoms with van der Waals surface area (Å²) in [5.74, 6) is -0.660. The molecule has 10 heteroatoms. The van der Waals surface area contributed by atoms with Crippen molar-refractivity contribution in [1.82, 2.24) is 9.13 Å². The van der Waals surface area contributed by atoms with Gasteiger partial charge in [-0.25, -0.2) is 14.2 Å². The Hall–Kier alpha value is -3.30. The van der Waals surface area contributed by atoms with Gasteiger partial charge in [-0.05, 0) is 18.2 Å². The molecule has 0 saturated heterocycles. The van der Waals surface area contributed by atoms with E-state index in [1.807, 2.05) is 0 Å². The molecule has 0 radical (unpaired) electrons. The van der Waals surface area contributed by atoms with Gasteiger partial charge in [0.25, 0.3) is 5.56 Å². The van der Waals surface area contributed by atoms with Gasteiger partial charge in [-0.1, -0.05) is 0 Å². The average molecular weight is 368 g/mol. The minimum atomic E-state index is -4.86. The van der Waals surface area contributed by atoms with E-state index in [1.165, 1.54) is 25.3 Å². The van der Waals surface area contributed by atoms with Gasteiger partial charge in [0, 0.05) is 18.5 Å². The molecule has 0 N–H and O–H groups in total. The van der Waals surface area contributed by atoms with E-state index in [0.29, 0.717) is 15.2 Å². The molecular weight excluding hydrogens is 357 g/mol. The van der Waals surface area contributed by atoms with Crippen LogP contribution in [0.4, 0.5) is 13.2 Å². The van der Waals surface area contributed by atoms with Crippen molar-refractivity contribution in [1.29, 1.82) is 0 Å². The molecule has 0 saturated carbocycles. The number of nitrogens with zero attached hydrogens (tertiary/aromatic N) is 2. The normalized spacial score (nSPS) is 11.7. The largest absolute Gasteiger partial charge is 0.465 e. The Morgan fingerprint density at radius 3 is 2.50 bits per heavy atom. The quantitative estimate of drug-likeness (QED) is 0.647. The lowest BCUT2D eigenvalue weighted by atomic mass is 10.1. The van der Waals surface area contributed by atoms with E-state index in [1.54, 1.807) is 0 Å². The third kappa shape index (κ3) is 2.68. The number of benzene rings is 1. The highest BCUT2D eigenvalue weighted by Crippen LogP contribution is 2.28. The second kappa shape index (κ2) is 5.90. The molecule has 0 amide bonds. The molecule has 0 aliphatic heterocycles. The number of carbonyl (C=O) groups is 1. The topological polar surface area (TPSA) is 83.4 Å². The maximum absolute atomic E-state index is 12.9. The summed E-state index contributed by atoms with van der Waals surface area (Å²) < 4.78 is 49.5. The fourth-order valence-corrected chi connectivity index (χ4v) is 2.55. The fraction of sp³-hybridized carbons (Fsp3) is 0.188. The van der Waals surface area contributed by atoms with Gasteiger partial charge >= 0.3 is 17.8 Å². The van der Waals surface area contributed by atoms with Crippen molar-refractivity contribution in [2.24, 2.45) is 7.05 Å². The number of halogens is 3. The first-order chi connectivity index (χ1) is 12.1. The number of ether oxygens (including phenoxy) is 1. The highest BCUT2D eigenvalue weighted by atomic mass is 19.4. The van der Waals surface area contributed by atoms with Crippen LogP contribution in [0.5, 0.6) is 0 Å². The summed E-state index contributed by atoms with van der Waals surface area (Å²) in [6.07, 6.45) is -3.80. The van der Waals surface area contributed by atoms with Crippen molar-refractivity contribution in [3.8, 4) is 5.69 Å². The monoisotopic (exact) mass is 368 g/mol. The molecule has 1 aromatic carbocycles. The van der Waals surface area contributed by atoms with Gasteiger partial charge in [0.05, 0.1) is 18.4 Å². The SMILES string of the molecule is COC(=O)c1ccc2occ(-n3c(=O)cc(C(F)(F)F)n(C)c3=O)c2c1. The maximum Gasteiger partial charge on any atom is 0.431 e. The molecular formula is C16H11F3N2O5. The van der Waals surface area contributed by atoms with Gasteiger partial charge in [-0.2, -0.15) is 13.2 Å². The van der Waals surface area contributed by atoms with E-state index < -0.39 is 29.1 Å². The Kier molecular flexibility index (Phi) is 3.98. The molecule has 2 aromatic heterocycles. The Morgan fingerprint density at radius 1 is 1.19 bits per heavy atom. The maximum atomic E-state index is 12.9. The van der Waals surface area contributed by atoms with Gasteiger partial charge in [-0.3, -0.25) is 9.36 Å². The lowest BCUT2D eigenvalue weighted by Crippen LogP contribution is -2.40. The number of carbonyl (C=O) groups excluding carboxylic acids is 1. The van der Waals surface area contributed by atoms with Crippen molar-refractivity contribution >= 4 is 16.9 Å². The van der Waals surface area contributed by atoms with Crippen molar-refractivity contribution in [2.45, 2.75) is 6.18 Å². The van der Waals surface area contributed by atoms with Crippen LogP contribution in [0.15, 0.2) is 44.5 Å². The van der Waals surface area contributed by atoms with Crippen LogP contribution in [0.25, 0.3) is 16.7 Å². The molecule has 0 atom stereocenters. The number of rotatable bonds is 2. The summed E-state index contributed by atoms with van der Waals surface area (Å²) in [6.45, 7) is 0. The van der Waals surface area contributed by atoms with Crippen molar-refractivity contribution < 1.29 is 27.1 Å². The zero-order valence-electron chi connectivity index (χ0n) is 13.5. The minimum absolute atomic E-state index is 0.0786. The first kappa shape index (κ1) is 17.5. The van der Waals surface area contributed by atoms with Crippen molar-refractivity contribution in [2.75, 3.05) is 7.11 Å². The molecule has 7 nitrogen and oxygen atoms in total. The molecule has 3 aromatic rings. The molecule has 136 valence electrons. The third-order valence-corrected chi connectivity index (χ3v) is 3.83. The average Bonchev–Trinajstić information content (AvgIpc) is 2.99. The number of alkyl halides is 3. The number of fused-ring (bicyclic) bond motifs is 1. The highest BCUT2D eigenvalue weighted by Gasteiger charge is 2.35. The van der Waals surface area contributed by atoms with Gasteiger partial charge in [0.15, 0.2) is 0 Å². The Morgan fingerprint density at radius 2 is 1.88 bits per heavy atom. The molecule has 26 heavy (non-hydrogen) atoms. The standard InChI is InChI=1S/C16H11F3N2O5/c1-20-12(16(17,18)19)6-13(22)21(15(20)24)10-7-26-11-4-3-8(5-9(10)11)14(23)25-2/h3-7H,1-2H3. The molecule has 0 fully saturated rings. The summed E-state index contributed by atoms with van der Waals surface area (Å²) in [5.41, 5.74) is -3.46. The van der Waals surface area contributed by atoms with Crippen LogP contribution in [0.3, 0.4) is 0 Å². The van der Waals surface area contributed by atoms with Crippen LogP contribution in [-0.4, -0.2) is 22.2 Å². The van der Waals surface area contributed by atoms with Gasteiger partial charge in [0.1, 0.15) is 17.5 Å². The van der Waals surface area contributed by atoms with Gasteiger partial charge < -0.3 is 9.15 Å². The molecule has 0 bridgehead atoms. The van der Waals surface area contributed by atoms with Crippen LogP contribution in [0, 0.1) is 0 Å². The molecule has 0 aliphatic rings. The predicted molar refractivity (Wildman–Crippen MR) is 83.4 cm³/mol. The van der Waals surface area contributed by atoms with E-state index >= 15 is 0 Å². The van der Waals surface area contributed by atoms with Crippen LogP contribution < -0.4 is 11.2 Å². The number of furan rings is 1. The van der Waals surface area contributed by atoms with Crippen LogP contribution in [-0.2, 0) is 18.0 Å². The summed E-state index contributed by atoms with van der Waals surface area (Å²) in [5, 5.41) is 0.201. The number of aromatic nitrogens is 2. The summed E-state index contributed by atoms with van der Waals surface area (Å²) >= 11 is 0. The lowest BCUT2D eigenvalue weighted by Gasteiger charge is -2.13. The lowest BCUT2D eigenvalue weighted by molar-refractivity contribution is -0.144. The summed E-state index contributed by atoms with van der Waals surface area (Å²) in [7, 11) is 2.09. The minimum Gasteiger partial charge on any atom is -0.465 e. The van der Waals surface area contributed by atoms with Crippen LogP contribution in [0.2, 0.25) is 0 Å². The molecule has 2 heterocycles. The van der Waals surface area contributed by atoms with Crippen molar-refractivity contribution in [3.05, 3.63) is 62.6 Å². The third-order valence-electron chi connectivity index (χ3n) is 3.83. The highest BCUT2D eigenvalue weighted by molar-refractivity contribution is 5.96. The fourth-order valence-electron chi connectivity index (χ4n) is 2.55. The zero-order valence-corrected chi connectivity index (χ0v) is 13.5. The number of methoxy groups -OCH3 is 1. The first-order valence-electron chi connectivity index (χ1n) is 7.15. The van der Waals surface area contributed by atoms with E-state index in [9.17, 15) is 27.6 Å². The predicted octanol–water partition coefficient (Wildman–Crippen LogP) is 2.09. The smallest absolute Gasteiger partial charge is 0.431 e. The van der Waals surface area contributed by atoms with Crippen LogP contribution in [0.1, 0.15) is 16.1 Å². The molecule has 0 spiro atoms. The Balaban J connectivity index is 2.31. The first-order valence-corrected chi connectivity index (χ1v) is 7.15. The Bertz CT molecular complexity index is 1140. The van der Waals surface area contributed by atoms with Gasteiger partial charge in [0.2, 0.25) is 0 Å². The molecule has 0 unspecified atom stereocenters. The second-order valence-electron chi connectivity index (χ2n) is 5.37. The number of hydrogen-bond donors (Lipinski definition) is 0. The number of hydrogen-bond acceptors (Lipinski definition) is 5. The zero-order chi connectivity index (χ0) is 19.2. The molecule has 3 rings (SSSR count). The van der Waals surface area contributed by atoms with Crippen LogP contribution >= 0.6 is 0 Å². The summed E-state index contributed by atoms with van der Waals surface area (Å²) in [4.78, 5) is 36.2. The summed E-state index contributed by atoms with van der Waals surface area (Å²) in [6, 6.07) is 4.48. The van der Waals surface area contributed by atoms with E-state index in [-0.39, 0.29) is 22.2 Å². The van der Waals surface area contributed by atoms with Crippen molar-refractivity contribution in [3.63, 3.8) is 0 Å². The molecule has 0 aliphatic carbocycles. The van der Waals surface area contributed by atoms with Gasteiger partial charge in [-0.15, -0.1) is 0 Å². The second-order valence-corrected chi connectivity index (χ2v) is 5.37. The Labute approximate surface area is 142 Å². The number of esters is 1. The van der Waals surface area contributed by atoms with E-state index in [2.05, 4.69) is 4.74 Å². The van der Waals surface area contributed by atoms with E-state index in [0.717, 1.165) is 13.3 Å². The van der Waals surface area contributed by atoms with E-state index in [4.69, 9.17) is 4.42 Å².